The summed E-state index contributed by atoms with van der Waals surface area (Å²) in [5, 5.41) is 0. The lowest BCUT2D eigenvalue weighted by Gasteiger charge is -2.35. The number of hydrogen-bond donors (Lipinski definition) is 0. The molecule has 1 fully saturated rings. The molecule has 312 valence electrons. The van der Waals surface area contributed by atoms with E-state index in [-0.39, 0.29) is 63.1 Å². The summed E-state index contributed by atoms with van der Waals surface area (Å²) in [7, 11) is 0. The first-order chi connectivity index (χ1) is 25.2. The van der Waals surface area contributed by atoms with Crippen LogP contribution >= 0.6 is 0 Å². The molecule has 0 radical (unpaired) electrons. The predicted octanol–water partition coefficient (Wildman–Crippen LogP) is 3.60. The van der Waals surface area contributed by atoms with E-state index in [2.05, 4.69) is 0 Å². The number of amides is 1. The summed E-state index contributed by atoms with van der Waals surface area (Å²) in [5.74, 6) is -1.89. The second-order valence-electron chi connectivity index (χ2n) is 18.2. The van der Waals surface area contributed by atoms with Gasteiger partial charge in [0.2, 0.25) is 5.91 Å². The number of carbonyl (C=O) groups is 5. The van der Waals surface area contributed by atoms with Crippen molar-refractivity contribution < 1.29 is 42.9 Å². The van der Waals surface area contributed by atoms with Crippen molar-refractivity contribution in [1.82, 2.24) is 24.5 Å². The van der Waals surface area contributed by atoms with Crippen molar-refractivity contribution in [3.8, 4) is 0 Å². The standard InChI is InChI=1S/C41H69N5O9/c1-38(2,3)52-34(48)28-43-20-18-42(27-33(47)46(26-32-16-14-13-15-17-32)31-37(51)55-41(10,11)12)19-21-44(29-35(49)53-39(4,5)6)23-25-45(24-22-43)30-36(50)54-40(7,8)9/h13-17H,18-31H2,1-12H3. The van der Waals surface area contributed by atoms with E-state index in [1.807, 2.05) is 112 Å². The number of carbonyl (C=O) groups excluding carboxylic acids is 5. The quantitative estimate of drug-likeness (QED) is 0.226. The number of esters is 4. The highest BCUT2D eigenvalue weighted by Gasteiger charge is 2.28. The Hall–Kier alpha value is -3.59. The largest absolute Gasteiger partial charge is 0.459 e. The number of ether oxygens (including phenoxy) is 4. The van der Waals surface area contributed by atoms with Gasteiger partial charge in [-0.15, -0.1) is 0 Å². The molecule has 1 heterocycles. The Morgan fingerprint density at radius 1 is 0.473 bits per heavy atom. The molecule has 1 aliphatic heterocycles. The SMILES string of the molecule is CC(C)(C)OC(=O)CN1CCN(CC(=O)OC(C)(C)C)CCN(CC(=O)N(CC(=O)OC(C)(C)C)Cc2ccccc2)CCN(CC(=O)OC(C)(C)C)CC1. The molecule has 1 aromatic rings. The summed E-state index contributed by atoms with van der Waals surface area (Å²) in [6.07, 6.45) is 0. The summed E-state index contributed by atoms with van der Waals surface area (Å²) in [6, 6.07) is 9.47. The van der Waals surface area contributed by atoms with Crippen molar-refractivity contribution in [3.05, 3.63) is 35.9 Å². The summed E-state index contributed by atoms with van der Waals surface area (Å²) in [4.78, 5) is 75.6. The maximum atomic E-state index is 14.1. The van der Waals surface area contributed by atoms with Crippen LogP contribution in [0.2, 0.25) is 0 Å². The zero-order chi connectivity index (χ0) is 41.6. The molecule has 0 bridgehead atoms. The second-order valence-corrected chi connectivity index (χ2v) is 18.2. The summed E-state index contributed by atoms with van der Waals surface area (Å²) in [6.45, 7) is 25.1. The van der Waals surface area contributed by atoms with E-state index < -0.39 is 28.4 Å². The Labute approximate surface area is 329 Å². The van der Waals surface area contributed by atoms with Crippen LogP contribution in [0, 0.1) is 0 Å². The van der Waals surface area contributed by atoms with Gasteiger partial charge >= 0.3 is 23.9 Å². The number of rotatable bonds is 12. The molecule has 0 atom stereocenters. The summed E-state index contributed by atoms with van der Waals surface area (Å²) in [5.41, 5.74) is -1.83. The topological polar surface area (TPSA) is 138 Å². The lowest BCUT2D eigenvalue weighted by atomic mass is 10.2. The Kier molecular flexibility index (Phi) is 18.2. The smallest absolute Gasteiger partial charge is 0.326 e. The van der Waals surface area contributed by atoms with Gasteiger partial charge in [0.25, 0.3) is 0 Å². The molecule has 14 heteroatoms. The highest BCUT2D eigenvalue weighted by Crippen LogP contribution is 2.14. The van der Waals surface area contributed by atoms with E-state index in [0.717, 1.165) is 5.56 Å². The lowest BCUT2D eigenvalue weighted by molar-refractivity contribution is -0.159. The van der Waals surface area contributed by atoms with Gasteiger partial charge in [-0.05, 0) is 88.6 Å². The molecule has 0 aromatic heterocycles. The van der Waals surface area contributed by atoms with Gasteiger partial charge in [0.15, 0.2) is 0 Å². The molecule has 0 unspecified atom stereocenters. The fraction of sp³-hybridized carbons (Fsp3) is 0.732. The van der Waals surface area contributed by atoms with Crippen LogP contribution in [0.3, 0.4) is 0 Å². The Bertz CT molecular complexity index is 1350. The first-order valence-electron chi connectivity index (χ1n) is 19.3. The fourth-order valence-electron chi connectivity index (χ4n) is 5.74. The maximum absolute atomic E-state index is 14.1. The average molecular weight is 776 g/mol. The number of nitrogens with zero attached hydrogens (tertiary/aromatic N) is 5. The van der Waals surface area contributed by atoms with Gasteiger partial charge in [0, 0.05) is 58.9 Å². The van der Waals surface area contributed by atoms with Gasteiger partial charge in [-0.1, -0.05) is 30.3 Å². The molecular formula is C41H69N5O9. The van der Waals surface area contributed by atoms with Gasteiger partial charge in [-0.2, -0.15) is 0 Å². The third-order valence-electron chi connectivity index (χ3n) is 7.92. The normalized spacial score (nSPS) is 16.7. The van der Waals surface area contributed by atoms with Gasteiger partial charge in [0.05, 0.1) is 26.2 Å². The molecule has 55 heavy (non-hydrogen) atoms. The first-order valence-corrected chi connectivity index (χ1v) is 19.3. The highest BCUT2D eigenvalue weighted by atomic mass is 16.6. The average Bonchev–Trinajstić information content (AvgIpc) is 2.98. The molecule has 1 aliphatic rings. The molecule has 14 nitrogen and oxygen atoms in total. The minimum Gasteiger partial charge on any atom is -0.459 e. The zero-order valence-electron chi connectivity index (χ0n) is 35.7. The highest BCUT2D eigenvalue weighted by molar-refractivity contribution is 5.83. The van der Waals surface area contributed by atoms with Crippen molar-refractivity contribution in [2.75, 3.05) is 85.1 Å². The van der Waals surface area contributed by atoms with Crippen LogP contribution in [0.25, 0.3) is 0 Å². The third-order valence-corrected chi connectivity index (χ3v) is 7.92. The van der Waals surface area contributed by atoms with E-state index in [1.54, 1.807) is 20.8 Å². The van der Waals surface area contributed by atoms with Crippen molar-refractivity contribution >= 4 is 29.8 Å². The molecular weight excluding hydrogens is 706 g/mol. The van der Waals surface area contributed by atoms with Crippen LogP contribution in [-0.4, -0.2) is 162 Å². The van der Waals surface area contributed by atoms with Gasteiger partial charge in [-0.3, -0.25) is 43.6 Å². The van der Waals surface area contributed by atoms with Crippen molar-refractivity contribution in [2.24, 2.45) is 0 Å². The Morgan fingerprint density at radius 3 is 1.07 bits per heavy atom. The van der Waals surface area contributed by atoms with Crippen LogP contribution in [-0.2, 0) is 49.5 Å². The van der Waals surface area contributed by atoms with Crippen molar-refractivity contribution in [1.29, 1.82) is 0 Å². The minimum absolute atomic E-state index is 0.0129. The van der Waals surface area contributed by atoms with E-state index >= 15 is 0 Å². The minimum atomic E-state index is -0.715. The Morgan fingerprint density at radius 2 is 0.764 bits per heavy atom. The zero-order valence-corrected chi connectivity index (χ0v) is 35.7. The van der Waals surface area contributed by atoms with E-state index in [4.69, 9.17) is 18.9 Å². The second kappa shape index (κ2) is 21.1. The predicted molar refractivity (Wildman–Crippen MR) is 211 cm³/mol. The summed E-state index contributed by atoms with van der Waals surface area (Å²) < 4.78 is 22.5. The lowest BCUT2D eigenvalue weighted by Crippen LogP contribution is -2.51. The number of benzene rings is 1. The molecule has 1 amide bonds. The molecule has 0 saturated carbocycles. The molecule has 1 saturated heterocycles. The molecule has 2 rings (SSSR count). The van der Waals surface area contributed by atoms with Gasteiger partial charge < -0.3 is 23.8 Å². The van der Waals surface area contributed by atoms with Crippen LogP contribution < -0.4 is 0 Å². The van der Waals surface area contributed by atoms with E-state index in [9.17, 15) is 24.0 Å². The molecule has 0 aliphatic carbocycles. The first kappa shape index (κ1) is 47.6. The van der Waals surface area contributed by atoms with Crippen LogP contribution in [0.1, 0.15) is 88.6 Å². The summed E-state index contributed by atoms with van der Waals surface area (Å²) >= 11 is 0. The molecule has 0 spiro atoms. The maximum Gasteiger partial charge on any atom is 0.326 e. The monoisotopic (exact) mass is 776 g/mol. The molecule has 1 aromatic carbocycles. The van der Waals surface area contributed by atoms with E-state index in [0.29, 0.717) is 52.4 Å². The third kappa shape index (κ3) is 22.5. The van der Waals surface area contributed by atoms with Crippen LogP contribution in [0.5, 0.6) is 0 Å². The van der Waals surface area contributed by atoms with Crippen molar-refractivity contribution in [2.45, 2.75) is 112 Å². The fourth-order valence-corrected chi connectivity index (χ4v) is 5.74. The van der Waals surface area contributed by atoms with Gasteiger partial charge in [0.1, 0.15) is 28.9 Å². The van der Waals surface area contributed by atoms with Gasteiger partial charge in [-0.25, -0.2) is 0 Å². The Balaban J connectivity index is 2.42. The van der Waals surface area contributed by atoms with Crippen molar-refractivity contribution in [3.63, 3.8) is 0 Å². The van der Waals surface area contributed by atoms with Crippen LogP contribution in [0.4, 0.5) is 0 Å². The van der Waals surface area contributed by atoms with Crippen LogP contribution in [0.15, 0.2) is 30.3 Å². The van der Waals surface area contributed by atoms with E-state index in [1.165, 1.54) is 4.90 Å². The molecule has 0 N–H and O–H groups in total. The number of hydrogen-bond acceptors (Lipinski definition) is 13.